The van der Waals surface area contributed by atoms with Gasteiger partial charge in [0.05, 0.1) is 16.5 Å². The molecule has 0 bridgehead atoms. The fourth-order valence-corrected chi connectivity index (χ4v) is 5.49. The lowest BCUT2D eigenvalue weighted by molar-refractivity contribution is -0.121. The molecule has 2 heterocycles. The minimum atomic E-state index is -3.82. The van der Waals surface area contributed by atoms with Crippen LogP contribution < -0.4 is 15.4 Å². The molecule has 0 radical (unpaired) electrons. The number of amides is 2. The molecule has 32 heavy (non-hydrogen) atoms. The molecule has 1 saturated heterocycles. The van der Waals surface area contributed by atoms with E-state index in [1.165, 1.54) is 28.1 Å². The highest BCUT2D eigenvalue weighted by Gasteiger charge is 2.34. The molecule has 170 valence electrons. The fraction of sp³-hybridized carbons (Fsp3) is 0.391. The summed E-state index contributed by atoms with van der Waals surface area (Å²) >= 11 is 0. The summed E-state index contributed by atoms with van der Waals surface area (Å²) in [5, 5.41) is 5.54. The average molecular weight is 458 g/mol. The lowest BCUT2D eigenvalue weighted by Gasteiger charge is -2.31. The first kappa shape index (κ1) is 22.3. The van der Waals surface area contributed by atoms with Gasteiger partial charge in [0.1, 0.15) is 5.75 Å². The molecule has 8 nitrogen and oxygen atoms in total. The molecule has 0 aromatic heterocycles. The second kappa shape index (κ2) is 8.91. The molecule has 1 unspecified atom stereocenters. The van der Waals surface area contributed by atoms with E-state index in [9.17, 15) is 18.0 Å². The highest BCUT2D eigenvalue weighted by Crippen LogP contribution is 2.32. The number of piperidine rings is 1. The number of ether oxygens (including phenoxy) is 1. The van der Waals surface area contributed by atoms with Crippen LogP contribution in [0, 0.1) is 5.92 Å². The molecule has 2 N–H and O–H groups in total. The van der Waals surface area contributed by atoms with Crippen LogP contribution in [0.4, 0.5) is 11.4 Å². The van der Waals surface area contributed by atoms with Crippen LogP contribution in [0.5, 0.6) is 5.75 Å². The third-order valence-electron chi connectivity index (χ3n) is 5.82. The number of hydrogen-bond acceptors (Lipinski definition) is 5. The summed E-state index contributed by atoms with van der Waals surface area (Å²) in [6.45, 7) is 4.57. The van der Waals surface area contributed by atoms with Gasteiger partial charge in [-0.25, -0.2) is 8.42 Å². The Hall–Kier alpha value is -2.91. The first-order chi connectivity index (χ1) is 15.2. The minimum Gasteiger partial charge on any atom is -0.482 e. The van der Waals surface area contributed by atoms with E-state index < -0.39 is 15.9 Å². The molecule has 0 spiro atoms. The largest absolute Gasteiger partial charge is 0.482 e. The van der Waals surface area contributed by atoms with Crippen molar-refractivity contribution in [1.29, 1.82) is 0 Å². The van der Waals surface area contributed by atoms with E-state index in [4.69, 9.17) is 4.74 Å². The monoisotopic (exact) mass is 457 g/mol. The van der Waals surface area contributed by atoms with Gasteiger partial charge in [-0.15, -0.1) is 0 Å². The Morgan fingerprint density at radius 2 is 1.94 bits per heavy atom. The van der Waals surface area contributed by atoms with Gasteiger partial charge in [0.15, 0.2) is 6.61 Å². The van der Waals surface area contributed by atoms with Gasteiger partial charge in [-0.05, 0) is 54.7 Å². The third-order valence-corrected chi connectivity index (χ3v) is 7.68. The molecule has 2 aliphatic heterocycles. The van der Waals surface area contributed by atoms with Crippen molar-refractivity contribution in [2.75, 3.05) is 30.3 Å². The van der Waals surface area contributed by atoms with E-state index in [2.05, 4.69) is 24.5 Å². The number of benzene rings is 2. The van der Waals surface area contributed by atoms with Gasteiger partial charge >= 0.3 is 0 Å². The van der Waals surface area contributed by atoms with Crippen molar-refractivity contribution in [3.63, 3.8) is 0 Å². The molecular formula is C23H27N3O5S. The molecular weight excluding hydrogens is 430 g/mol. The summed E-state index contributed by atoms with van der Waals surface area (Å²) < 4.78 is 33.1. The smallest absolute Gasteiger partial charge is 0.262 e. The molecule has 4 rings (SSSR count). The zero-order chi connectivity index (χ0) is 22.9. The Labute approximate surface area is 188 Å². The number of rotatable bonds is 5. The number of nitrogens with zero attached hydrogens (tertiary/aromatic N) is 1. The molecule has 9 heteroatoms. The first-order valence-corrected chi connectivity index (χ1v) is 12.2. The van der Waals surface area contributed by atoms with Crippen molar-refractivity contribution in [2.24, 2.45) is 5.92 Å². The topological polar surface area (TPSA) is 105 Å². The standard InChI is InChI=1S/C23H27N3O5S/c1-15(2)16-5-7-18(8-6-16)24-23(28)17-4-3-11-26(13-17)32(29,30)19-9-10-21-20(12-19)25-22(27)14-31-21/h5-10,12,15,17H,3-4,11,13-14H2,1-2H3,(H,24,28)(H,25,27). The van der Waals surface area contributed by atoms with Gasteiger partial charge in [0.25, 0.3) is 5.91 Å². The highest BCUT2D eigenvalue weighted by molar-refractivity contribution is 7.89. The van der Waals surface area contributed by atoms with Crippen LogP contribution in [0.2, 0.25) is 0 Å². The molecule has 1 atom stereocenters. The van der Waals surface area contributed by atoms with Gasteiger partial charge < -0.3 is 15.4 Å². The van der Waals surface area contributed by atoms with Gasteiger partial charge in [-0.1, -0.05) is 26.0 Å². The van der Waals surface area contributed by atoms with Crippen LogP contribution in [0.25, 0.3) is 0 Å². The summed E-state index contributed by atoms with van der Waals surface area (Å²) in [6, 6.07) is 12.1. The average Bonchev–Trinajstić information content (AvgIpc) is 2.79. The lowest BCUT2D eigenvalue weighted by Crippen LogP contribution is -2.43. The van der Waals surface area contributed by atoms with Crippen molar-refractivity contribution < 1.29 is 22.7 Å². The van der Waals surface area contributed by atoms with E-state index in [0.717, 1.165) is 0 Å². The number of sulfonamides is 1. The van der Waals surface area contributed by atoms with Gasteiger partial charge in [-0.2, -0.15) is 4.31 Å². The van der Waals surface area contributed by atoms with Crippen LogP contribution in [0.15, 0.2) is 47.4 Å². The molecule has 2 aliphatic rings. The van der Waals surface area contributed by atoms with Crippen molar-refractivity contribution >= 4 is 33.2 Å². The maximum absolute atomic E-state index is 13.2. The molecule has 0 aliphatic carbocycles. The van der Waals surface area contributed by atoms with Crippen LogP contribution in [-0.2, 0) is 19.6 Å². The Bertz CT molecular complexity index is 1130. The number of anilines is 2. The molecule has 0 saturated carbocycles. The zero-order valence-electron chi connectivity index (χ0n) is 18.1. The number of carbonyl (C=O) groups excluding carboxylic acids is 2. The van der Waals surface area contributed by atoms with Crippen molar-refractivity contribution in [3.8, 4) is 5.75 Å². The van der Waals surface area contributed by atoms with Crippen LogP contribution in [0.3, 0.4) is 0 Å². The second-order valence-corrected chi connectivity index (χ2v) is 10.4. The Morgan fingerprint density at radius 3 is 2.66 bits per heavy atom. The molecule has 2 amide bonds. The van der Waals surface area contributed by atoms with Gasteiger partial charge in [-0.3, -0.25) is 9.59 Å². The van der Waals surface area contributed by atoms with Crippen LogP contribution in [-0.4, -0.2) is 44.2 Å². The maximum atomic E-state index is 13.2. The maximum Gasteiger partial charge on any atom is 0.262 e. The van der Waals surface area contributed by atoms with Crippen molar-refractivity contribution in [1.82, 2.24) is 4.31 Å². The van der Waals surface area contributed by atoms with Crippen molar-refractivity contribution in [2.45, 2.75) is 37.5 Å². The van der Waals surface area contributed by atoms with Crippen LogP contribution >= 0.6 is 0 Å². The highest BCUT2D eigenvalue weighted by atomic mass is 32.2. The van der Waals surface area contributed by atoms with Gasteiger partial charge in [0, 0.05) is 18.8 Å². The number of nitrogens with one attached hydrogen (secondary N) is 2. The minimum absolute atomic E-state index is 0.0624. The Kier molecular flexibility index (Phi) is 6.21. The van der Waals surface area contributed by atoms with Gasteiger partial charge in [0.2, 0.25) is 15.9 Å². The van der Waals surface area contributed by atoms with E-state index in [1.54, 1.807) is 0 Å². The molecule has 1 fully saturated rings. The Morgan fingerprint density at radius 1 is 1.19 bits per heavy atom. The van der Waals surface area contributed by atoms with E-state index in [1.807, 2.05) is 24.3 Å². The zero-order valence-corrected chi connectivity index (χ0v) is 18.9. The van der Waals surface area contributed by atoms with Crippen molar-refractivity contribution in [3.05, 3.63) is 48.0 Å². The van der Waals surface area contributed by atoms with E-state index in [-0.39, 0.29) is 29.9 Å². The summed E-state index contributed by atoms with van der Waals surface area (Å²) in [6.07, 6.45) is 1.21. The summed E-state index contributed by atoms with van der Waals surface area (Å²) in [5.74, 6) is -0.122. The molecule has 2 aromatic rings. The van der Waals surface area contributed by atoms with E-state index in [0.29, 0.717) is 42.4 Å². The number of fused-ring (bicyclic) bond motifs is 1. The normalized spacial score (nSPS) is 19.1. The summed E-state index contributed by atoms with van der Waals surface area (Å²) in [5.41, 5.74) is 2.22. The van der Waals surface area contributed by atoms with Crippen LogP contribution in [0.1, 0.15) is 38.2 Å². The first-order valence-electron chi connectivity index (χ1n) is 10.7. The molecule has 2 aromatic carbocycles. The summed E-state index contributed by atoms with van der Waals surface area (Å²) in [7, 11) is -3.82. The predicted octanol–water partition coefficient (Wildman–Crippen LogP) is 3.18. The number of carbonyl (C=O) groups is 2. The lowest BCUT2D eigenvalue weighted by atomic mass is 9.98. The number of hydrogen-bond donors (Lipinski definition) is 2. The SMILES string of the molecule is CC(C)c1ccc(NC(=O)C2CCCN(S(=O)(=O)c3ccc4c(c3)NC(=O)CO4)C2)cc1. The quantitative estimate of drug-likeness (QED) is 0.718. The Balaban J connectivity index is 1.46. The fourth-order valence-electron chi connectivity index (χ4n) is 3.94. The third kappa shape index (κ3) is 4.63. The van der Waals surface area contributed by atoms with E-state index >= 15 is 0 Å². The predicted molar refractivity (Wildman–Crippen MR) is 121 cm³/mol. The summed E-state index contributed by atoms with van der Waals surface area (Å²) in [4.78, 5) is 24.5. The second-order valence-electron chi connectivity index (χ2n) is 8.46.